The van der Waals surface area contributed by atoms with Crippen molar-refractivity contribution in [2.24, 2.45) is 11.3 Å². The van der Waals surface area contributed by atoms with Gasteiger partial charge in [-0.2, -0.15) is 0 Å². The lowest BCUT2D eigenvalue weighted by atomic mass is 9.54. The monoisotopic (exact) mass is 277 g/mol. The maximum Gasteiger partial charge on any atom is 0.0690 e. The Hall–Kier alpha value is -0.380. The van der Waals surface area contributed by atoms with Gasteiger partial charge in [0, 0.05) is 24.0 Å². The minimum atomic E-state index is 0.505. The first-order valence-electron chi connectivity index (χ1n) is 8.51. The van der Waals surface area contributed by atoms with Crippen LogP contribution >= 0.6 is 0 Å². The second-order valence-corrected chi connectivity index (χ2v) is 7.05. The standard InChI is InChI=1S/C17H27NO2/c1-2-8-17(7-1)15(14-6-12-20-16(14)17)18-9-3-13-4-10-19-11-5-13/h4,14-16,18H,1-3,5-12H2/t14-,15+,16-/m0/s1. The normalized spacial score (nSPS) is 38.6. The fraction of sp³-hybridized carbons (Fsp3) is 0.882. The third kappa shape index (κ3) is 2.06. The van der Waals surface area contributed by atoms with Crippen molar-refractivity contribution in [3.05, 3.63) is 11.6 Å². The van der Waals surface area contributed by atoms with Crippen molar-refractivity contribution in [3.63, 3.8) is 0 Å². The first kappa shape index (κ1) is 13.3. The first-order valence-corrected chi connectivity index (χ1v) is 8.51. The summed E-state index contributed by atoms with van der Waals surface area (Å²) in [6, 6.07) is 0.734. The van der Waals surface area contributed by atoms with Gasteiger partial charge in [0.2, 0.25) is 0 Å². The van der Waals surface area contributed by atoms with Gasteiger partial charge in [0.25, 0.3) is 0 Å². The fourth-order valence-corrected chi connectivity index (χ4v) is 5.19. The molecule has 3 atom stereocenters. The van der Waals surface area contributed by atoms with Gasteiger partial charge in [-0.05, 0) is 38.6 Å². The molecule has 4 rings (SSSR count). The average Bonchev–Trinajstić information content (AvgIpc) is 3.13. The first-order chi connectivity index (χ1) is 9.90. The third-order valence-corrected chi connectivity index (χ3v) is 6.15. The zero-order valence-corrected chi connectivity index (χ0v) is 12.4. The van der Waals surface area contributed by atoms with E-state index in [1.807, 2.05) is 0 Å². The van der Waals surface area contributed by atoms with Gasteiger partial charge in [0.15, 0.2) is 0 Å². The van der Waals surface area contributed by atoms with Crippen LogP contribution in [0.3, 0.4) is 0 Å². The highest BCUT2D eigenvalue weighted by atomic mass is 16.5. The van der Waals surface area contributed by atoms with Gasteiger partial charge in [-0.3, -0.25) is 0 Å². The lowest BCUT2D eigenvalue weighted by Gasteiger charge is -2.57. The van der Waals surface area contributed by atoms with Gasteiger partial charge < -0.3 is 14.8 Å². The predicted molar refractivity (Wildman–Crippen MR) is 78.7 cm³/mol. The Labute approximate surface area is 122 Å². The maximum atomic E-state index is 6.05. The molecule has 0 aromatic carbocycles. The molecule has 112 valence electrons. The number of nitrogens with one attached hydrogen (secondary N) is 1. The summed E-state index contributed by atoms with van der Waals surface area (Å²) >= 11 is 0. The molecule has 2 aliphatic heterocycles. The lowest BCUT2D eigenvalue weighted by Crippen LogP contribution is -2.67. The van der Waals surface area contributed by atoms with Crippen LogP contribution in [0.1, 0.15) is 44.9 Å². The van der Waals surface area contributed by atoms with Gasteiger partial charge in [0.05, 0.1) is 19.3 Å². The van der Waals surface area contributed by atoms with Gasteiger partial charge >= 0.3 is 0 Å². The highest BCUT2D eigenvalue weighted by Gasteiger charge is 2.64. The van der Waals surface area contributed by atoms with Crippen molar-refractivity contribution in [3.8, 4) is 0 Å². The van der Waals surface area contributed by atoms with Crippen LogP contribution in [-0.2, 0) is 9.47 Å². The molecular weight excluding hydrogens is 250 g/mol. The van der Waals surface area contributed by atoms with Crippen LogP contribution in [0.15, 0.2) is 11.6 Å². The molecule has 1 N–H and O–H groups in total. The smallest absolute Gasteiger partial charge is 0.0690 e. The Kier molecular flexibility index (Phi) is 3.61. The second kappa shape index (κ2) is 5.43. The molecule has 4 aliphatic rings. The predicted octanol–water partition coefficient (Wildman–Crippen LogP) is 2.66. The van der Waals surface area contributed by atoms with Crippen LogP contribution in [0.2, 0.25) is 0 Å². The van der Waals surface area contributed by atoms with E-state index in [9.17, 15) is 0 Å². The Morgan fingerprint density at radius 3 is 2.95 bits per heavy atom. The van der Waals surface area contributed by atoms with Crippen molar-refractivity contribution >= 4 is 0 Å². The molecule has 3 fully saturated rings. The van der Waals surface area contributed by atoms with E-state index in [1.165, 1.54) is 38.5 Å². The van der Waals surface area contributed by atoms with Gasteiger partial charge in [-0.15, -0.1) is 0 Å². The molecular formula is C17H27NO2. The van der Waals surface area contributed by atoms with Crippen LogP contribution in [0.25, 0.3) is 0 Å². The van der Waals surface area contributed by atoms with E-state index in [1.54, 1.807) is 5.57 Å². The van der Waals surface area contributed by atoms with E-state index in [0.717, 1.165) is 44.7 Å². The maximum absolute atomic E-state index is 6.05. The second-order valence-electron chi connectivity index (χ2n) is 7.05. The summed E-state index contributed by atoms with van der Waals surface area (Å²) in [6.45, 7) is 3.87. The molecule has 0 amide bonds. The summed E-state index contributed by atoms with van der Waals surface area (Å²) in [6.07, 6.45) is 12.1. The minimum Gasteiger partial charge on any atom is -0.377 e. The number of ether oxygens (including phenoxy) is 2. The quantitative estimate of drug-likeness (QED) is 0.801. The minimum absolute atomic E-state index is 0.505. The number of hydrogen-bond acceptors (Lipinski definition) is 3. The molecule has 0 radical (unpaired) electrons. The largest absolute Gasteiger partial charge is 0.377 e. The van der Waals surface area contributed by atoms with E-state index in [4.69, 9.17) is 9.47 Å². The summed E-state index contributed by atoms with van der Waals surface area (Å²) < 4.78 is 11.4. The van der Waals surface area contributed by atoms with Crippen LogP contribution in [0.5, 0.6) is 0 Å². The summed E-state index contributed by atoms with van der Waals surface area (Å²) in [7, 11) is 0. The fourth-order valence-electron chi connectivity index (χ4n) is 5.19. The summed E-state index contributed by atoms with van der Waals surface area (Å²) in [5, 5.41) is 3.91. The topological polar surface area (TPSA) is 30.5 Å². The zero-order chi connectivity index (χ0) is 13.4. The van der Waals surface area contributed by atoms with Gasteiger partial charge in [-0.1, -0.05) is 24.5 Å². The lowest BCUT2D eigenvalue weighted by molar-refractivity contribution is -0.130. The number of fused-ring (bicyclic) bond motifs is 2. The van der Waals surface area contributed by atoms with Crippen LogP contribution in [0.4, 0.5) is 0 Å². The van der Waals surface area contributed by atoms with E-state index in [0.29, 0.717) is 11.5 Å². The molecule has 20 heavy (non-hydrogen) atoms. The molecule has 0 unspecified atom stereocenters. The average molecular weight is 277 g/mol. The zero-order valence-electron chi connectivity index (χ0n) is 12.4. The molecule has 0 aromatic rings. The van der Waals surface area contributed by atoms with Crippen molar-refractivity contribution in [2.45, 2.75) is 57.1 Å². The molecule has 1 saturated heterocycles. The molecule has 1 spiro atoms. The van der Waals surface area contributed by atoms with Crippen molar-refractivity contribution in [1.29, 1.82) is 0 Å². The molecule has 3 heteroatoms. The Balaban J connectivity index is 1.34. The van der Waals surface area contributed by atoms with Crippen LogP contribution in [0, 0.1) is 11.3 Å². The van der Waals surface area contributed by atoms with Crippen LogP contribution < -0.4 is 5.32 Å². The third-order valence-electron chi connectivity index (χ3n) is 6.15. The van der Waals surface area contributed by atoms with Crippen LogP contribution in [-0.4, -0.2) is 38.5 Å². The highest BCUT2D eigenvalue weighted by Crippen LogP contribution is 2.60. The summed E-state index contributed by atoms with van der Waals surface area (Å²) in [5.74, 6) is 0.803. The SMILES string of the molecule is C1=C(CCN[C@@H]2[C@@H]3CCO[C@@H]3C23CCCC3)CCOC1. The number of rotatable bonds is 4. The summed E-state index contributed by atoms with van der Waals surface area (Å²) in [5.41, 5.74) is 2.09. The van der Waals surface area contributed by atoms with Gasteiger partial charge in [0.1, 0.15) is 0 Å². The van der Waals surface area contributed by atoms with E-state index in [2.05, 4.69) is 11.4 Å². The van der Waals surface area contributed by atoms with E-state index >= 15 is 0 Å². The summed E-state index contributed by atoms with van der Waals surface area (Å²) in [4.78, 5) is 0. The molecule has 0 aromatic heterocycles. The van der Waals surface area contributed by atoms with Crippen molar-refractivity contribution in [2.75, 3.05) is 26.4 Å². The van der Waals surface area contributed by atoms with E-state index < -0.39 is 0 Å². The Morgan fingerprint density at radius 1 is 1.25 bits per heavy atom. The van der Waals surface area contributed by atoms with Gasteiger partial charge in [-0.25, -0.2) is 0 Å². The van der Waals surface area contributed by atoms with Crippen molar-refractivity contribution in [1.82, 2.24) is 5.32 Å². The molecule has 2 heterocycles. The molecule has 3 nitrogen and oxygen atoms in total. The molecule has 0 bridgehead atoms. The van der Waals surface area contributed by atoms with Crippen molar-refractivity contribution < 1.29 is 9.47 Å². The Morgan fingerprint density at radius 2 is 2.15 bits per heavy atom. The number of hydrogen-bond donors (Lipinski definition) is 1. The molecule has 2 saturated carbocycles. The van der Waals surface area contributed by atoms with E-state index in [-0.39, 0.29) is 0 Å². The molecule has 2 aliphatic carbocycles. The Bertz CT molecular complexity index is 386. The highest BCUT2D eigenvalue weighted by molar-refractivity contribution is 5.17.